The number of H-pyrrole nitrogens is 1. The molecule has 0 aliphatic carbocycles. The predicted octanol–water partition coefficient (Wildman–Crippen LogP) is 3.82. The van der Waals surface area contributed by atoms with E-state index < -0.39 is 5.91 Å². The molecule has 0 saturated carbocycles. The van der Waals surface area contributed by atoms with E-state index in [0.717, 1.165) is 30.2 Å². The highest BCUT2D eigenvalue weighted by molar-refractivity contribution is 6.35. The van der Waals surface area contributed by atoms with Crippen molar-refractivity contribution in [2.75, 3.05) is 20.1 Å². The van der Waals surface area contributed by atoms with Crippen LogP contribution in [0.2, 0.25) is 5.02 Å². The van der Waals surface area contributed by atoms with Crippen LogP contribution in [-0.2, 0) is 6.54 Å². The summed E-state index contributed by atoms with van der Waals surface area (Å²) in [7, 11) is 1.43. The summed E-state index contributed by atoms with van der Waals surface area (Å²) < 4.78 is 6.10. The van der Waals surface area contributed by atoms with E-state index >= 15 is 0 Å². The highest BCUT2D eigenvalue weighted by Crippen LogP contribution is 2.34. The second-order valence-electron chi connectivity index (χ2n) is 6.81. The molecule has 0 fully saturated rings. The van der Waals surface area contributed by atoms with Gasteiger partial charge in [0.15, 0.2) is 11.7 Å². The summed E-state index contributed by atoms with van der Waals surface area (Å²) in [5.74, 6) is 0.378. The summed E-state index contributed by atoms with van der Waals surface area (Å²) in [4.78, 5) is 23.3. The number of fused-ring (bicyclic) bond motifs is 1. The van der Waals surface area contributed by atoms with E-state index in [4.69, 9.17) is 27.5 Å². The Balaban J connectivity index is 1.93. The Morgan fingerprint density at radius 2 is 2.00 bits per heavy atom. The third-order valence-corrected chi connectivity index (χ3v) is 5.22. The van der Waals surface area contributed by atoms with Crippen LogP contribution in [0.25, 0.3) is 10.9 Å². The molecule has 0 unspecified atom stereocenters. The number of carbonyl (C=O) groups is 1. The van der Waals surface area contributed by atoms with Gasteiger partial charge in [-0.1, -0.05) is 25.4 Å². The van der Waals surface area contributed by atoms with E-state index in [1.54, 1.807) is 30.5 Å². The second kappa shape index (κ2) is 9.15. The molecule has 1 amide bonds. The smallest absolute Gasteiger partial charge is 0.276 e. The zero-order chi connectivity index (χ0) is 21.8. The molecular formula is C21H25ClN6O2. The van der Waals surface area contributed by atoms with Crippen molar-refractivity contribution in [1.29, 1.82) is 5.41 Å². The number of hydrogen-bond acceptors (Lipinski definition) is 5. The second-order valence-corrected chi connectivity index (χ2v) is 7.22. The minimum atomic E-state index is -0.439. The van der Waals surface area contributed by atoms with Crippen LogP contribution in [0.4, 0.5) is 0 Å². The maximum absolute atomic E-state index is 12.5. The first-order valence-corrected chi connectivity index (χ1v) is 10.00. The van der Waals surface area contributed by atoms with Crippen LogP contribution >= 0.6 is 11.6 Å². The number of hydrogen-bond donors (Lipinski definition) is 3. The van der Waals surface area contributed by atoms with Gasteiger partial charge in [0.05, 0.1) is 16.2 Å². The third kappa shape index (κ3) is 4.55. The molecule has 3 aromatic rings. The van der Waals surface area contributed by atoms with Gasteiger partial charge in [-0.15, -0.1) is 0 Å². The van der Waals surface area contributed by atoms with E-state index in [1.165, 1.54) is 7.05 Å². The SMILES string of the molecule is CCN(CC)Cc1cc(Oc2ccc(Cl)c3cc(C(=O)N(C)C(=N)N)[nH]c23)ccn1. The number of aromatic nitrogens is 2. The predicted molar refractivity (Wildman–Crippen MR) is 118 cm³/mol. The van der Waals surface area contributed by atoms with Crippen molar-refractivity contribution >= 4 is 34.4 Å². The first-order chi connectivity index (χ1) is 14.3. The minimum Gasteiger partial charge on any atom is -0.455 e. The van der Waals surface area contributed by atoms with E-state index in [-0.39, 0.29) is 11.7 Å². The van der Waals surface area contributed by atoms with Crippen molar-refractivity contribution in [2.45, 2.75) is 20.4 Å². The summed E-state index contributed by atoms with van der Waals surface area (Å²) in [5.41, 5.74) is 7.17. The number of nitrogens with two attached hydrogens (primary N) is 1. The maximum Gasteiger partial charge on any atom is 0.276 e. The summed E-state index contributed by atoms with van der Waals surface area (Å²) in [6.45, 7) is 6.84. The van der Waals surface area contributed by atoms with Gasteiger partial charge in [-0.05, 0) is 37.4 Å². The number of guanidine groups is 1. The van der Waals surface area contributed by atoms with Gasteiger partial charge in [0.1, 0.15) is 11.4 Å². The quantitative estimate of drug-likeness (QED) is 0.391. The molecule has 0 saturated heterocycles. The number of halogens is 1. The van der Waals surface area contributed by atoms with Crippen LogP contribution in [0, 0.1) is 5.41 Å². The first-order valence-electron chi connectivity index (χ1n) is 9.62. The van der Waals surface area contributed by atoms with E-state index in [9.17, 15) is 4.79 Å². The molecule has 3 rings (SSSR count). The molecule has 0 aliphatic rings. The number of nitrogens with one attached hydrogen (secondary N) is 2. The van der Waals surface area contributed by atoms with Gasteiger partial charge in [0, 0.05) is 31.2 Å². The molecule has 4 N–H and O–H groups in total. The molecule has 158 valence electrons. The number of carbonyl (C=O) groups excluding carboxylic acids is 1. The highest BCUT2D eigenvalue weighted by atomic mass is 35.5. The lowest BCUT2D eigenvalue weighted by Crippen LogP contribution is -2.38. The summed E-state index contributed by atoms with van der Waals surface area (Å²) in [5, 5.41) is 8.58. The molecule has 0 atom stereocenters. The number of benzene rings is 1. The van der Waals surface area contributed by atoms with Gasteiger partial charge in [-0.25, -0.2) is 0 Å². The summed E-state index contributed by atoms with van der Waals surface area (Å²) in [6, 6.07) is 8.77. The van der Waals surface area contributed by atoms with Gasteiger partial charge in [-0.2, -0.15) is 0 Å². The van der Waals surface area contributed by atoms with Gasteiger partial charge in [0.25, 0.3) is 5.91 Å². The molecule has 0 radical (unpaired) electrons. The van der Waals surface area contributed by atoms with Crippen molar-refractivity contribution in [3.8, 4) is 11.5 Å². The van der Waals surface area contributed by atoms with Crippen LogP contribution in [0.5, 0.6) is 11.5 Å². The molecule has 0 aliphatic heterocycles. The van der Waals surface area contributed by atoms with E-state index in [0.29, 0.717) is 27.4 Å². The van der Waals surface area contributed by atoms with Gasteiger partial charge < -0.3 is 15.5 Å². The average Bonchev–Trinajstić information content (AvgIpc) is 3.20. The van der Waals surface area contributed by atoms with Crippen LogP contribution in [-0.4, -0.2) is 51.8 Å². The Bertz CT molecular complexity index is 1080. The standard InChI is InChI=1S/C21H25ClN6O2/c1-4-28(5-2)12-13-10-14(8-9-25-13)30-18-7-6-16(22)15-11-17(26-19(15)18)20(29)27(3)21(23)24/h6-11,26H,4-5,12H2,1-3H3,(H3,23,24). The zero-order valence-corrected chi connectivity index (χ0v) is 18.0. The average molecular weight is 429 g/mol. The highest BCUT2D eigenvalue weighted by Gasteiger charge is 2.19. The lowest BCUT2D eigenvalue weighted by atomic mass is 10.2. The van der Waals surface area contributed by atoms with Crippen molar-refractivity contribution in [1.82, 2.24) is 19.8 Å². The zero-order valence-electron chi connectivity index (χ0n) is 17.2. The molecule has 1 aromatic carbocycles. The van der Waals surface area contributed by atoms with Crippen LogP contribution < -0.4 is 10.5 Å². The maximum atomic E-state index is 12.5. The molecule has 30 heavy (non-hydrogen) atoms. The number of ether oxygens (including phenoxy) is 1. The van der Waals surface area contributed by atoms with Crippen LogP contribution in [0.15, 0.2) is 36.5 Å². The monoisotopic (exact) mass is 428 g/mol. The number of rotatable bonds is 7. The first kappa shape index (κ1) is 21.6. The molecule has 2 aromatic heterocycles. The van der Waals surface area contributed by atoms with Crippen molar-refractivity contribution in [3.05, 3.63) is 52.9 Å². The molecular weight excluding hydrogens is 404 g/mol. The Kier molecular flexibility index (Phi) is 6.59. The Morgan fingerprint density at radius 3 is 2.67 bits per heavy atom. The summed E-state index contributed by atoms with van der Waals surface area (Å²) >= 11 is 6.32. The largest absolute Gasteiger partial charge is 0.455 e. The number of aromatic amines is 1. The minimum absolute atomic E-state index is 0.262. The van der Waals surface area contributed by atoms with Crippen molar-refractivity contribution < 1.29 is 9.53 Å². The van der Waals surface area contributed by atoms with Crippen LogP contribution in [0.3, 0.4) is 0 Å². The molecule has 0 bridgehead atoms. The number of nitrogens with zero attached hydrogens (tertiary/aromatic N) is 3. The fraction of sp³-hybridized carbons (Fsp3) is 0.286. The van der Waals surface area contributed by atoms with E-state index in [2.05, 4.69) is 28.7 Å². The van der Waals surface area contributed by atoms with Gasteiger partial charge >= 0.3 is 0 Å². The Labute approximate surface area is 180 Å². The topological polar surface area (TPSA) is 111 Å². The fourth-order valence-corrected chi connectivity index (χ4v) is 3.27. The Morgan fingerprint density at radius 1 is 1.27 bits per heavy atom. The fourth-order valence-electron chi connectivity index (χ4n) is 3.06. The van der Waals surface area contributed by atoms with Crippen molar-refractivity contribution in [2.24, 2.45) is 5.73 Å². The van der Waals surface area contributed by atoms with Crippen molar-refractivity contribution in [3.63, 3.8) is 0 Å². The van der Waals surface area contributed by atoms with Crippen LogP contribution in [0.1, 0.15) is 30.0 Å². The normalized spacial score (nSPS) is 11.1. The molecule has 9 heteroatoms. The summed E-state index contributed by atoms with van der Waals surface area (Å²) in [6.07, 6.45) is 1.72. The van der Waals surface area contributed by atoms with E-state index in [1.807, 2.05) is 6.07 Å². The molecule has 8 nitrogen and oxygen atoms in total. The number of amides is 1. The van der Waals surface area contributed by atoms with Gasteiger partial charge in [0.2, 0.25) is 0 Å². The Hall–Kier alpha value is -3.10. The third-order valence-electron chi connectivity index (χ3n) is 4.89. The van der Waals surface area contributed by atoms with Gasteiger partial charge in [-0.3, -0.25) is 25.0 Å². The number of pyridine rings is 1. The molecule has 0 spiro atoms. The lowest BCUT2D eigenvalue weighted by molar-refractivity contribution is 0.0864. The lowest BCUT2D eigenvalue weighted by Gasteiger charge is -2.17. The molecule has 2 heterocycles.